The smallest absolute Gasteiger partial charge is 0.273 e. The summed E-state index contributed by atoms with van der Waals surface area (Å²) in [6.45, 7) is 12.0. The van der Waals surface area contributed by atoms with Crippen molar-refractivity contribution in [1.29, 1.82) is 0 Å². The summed E-state index contributed by atoms with van der Waals surface area (Å²) in [5.74, 6) is -0.712. The highest BCUT2D eigenvalue weighted by molar-refractivity contribution is 8.00. The van der Waals surface area contributed by atoms with Gasteiger partial charge in [0, 0.05) is 22.8 Å². The average molecular weight is 593 g/mol. The van der Waals surface area contributed by atoms with Crippen molar-refractivity contribution in [3.8, 4) is 0 Å². The first kappa shape index (κ1) is 31.3. The fraction of sp³-hybridized carbons (Fsp3) is 0.438. The van der Waals surface area contributed by atoms with E-state index in [0.717, 1.165) is 16.7 Å². The highest BCUT2D eigenvalue weighted by Crippen LogP contribution is 2.40. The maximum Gasteiger partial charge on any atom is 0.273 e. The van der Waals surface area contributed by atoms with E-state index in [0.29, 0.717) is 12.3 Å². The first-order valence-electron chi connectivity index (χ1n) is 14.0. The molecule has 4 rings (SSSR count). The molecule has 9 nitrogen and oxygen atoms in total. The zero-order valence-electron chi connectivity index (χ0n) is 25.0. The summed E-state index contributed by atoms with van der Waals surface area (Å²) < 4.78 is 4.78. The van der Waals surface area contributed by atoms with E-state index >= 15 is 0 Å². The molecule has 0 aliphatic carbocycles. The number of rotatable bonds is 9. The van der Waals surface area contributed by atoms with Crippen molar-refractivity contribution in [2.75, 3.05) is 5.88 Å². The molecule has 0 saturated carbocycles. The lowest BCUT2D eigenvalue weighted by molar-refractivity contribution is -0.147. The predicted molar refractivity (Wildman–Crippen MR) is 163 cm³/mol. The van der Waals surface area contributed by atoms with Crippen LogP contribution in [0, 0.1) is 6.92 Å². The molecule has 224 valence electrons. The van der Waals surface area contributed by atoms with Crippen LogP contribution in [-0.2, 0) is 28.0 Å². The van der Waals surface area contributed by atoms with Gasteiger partial charge >= 0.3 is 0 Å². The zero-order valence-corrected chi connectivity index (χ0v) is 25.8. The molecule has 2 heterocycles. The number of nitrogens with zero attached hydrogens (tertiary/aromatic N) is 2. The van der Waals surface area contributed by atoms with Crippen LogP contribution < -0.4 is 10.6 Å². The van der Waals surface area contributed by atoms with Crippen LogP contribution in [0.5, 0.6) is 0 Å². The fourth-order valence-corrected chi connectivity index (χ4v) is 6.07. The summed E-state index contributed by atoms with van der Waals surface area (Å²) in [6, 6.07) is 16.9. The molecule has 0 bridgehead atoms. The van der Waals surface area contributed by atoms with Crippen LogP contribution in [0.2, 0.25) is 0 Å². The summed E-state index contributed by atoms with van der Waals surface area (Å²) in [5, 5.41) is 21.1. The molecule has 3 unspecified atom stereocenters. The second-order valence-electron chi connectivity index (χ2n) is 12.3. The van der Waals surface area contributed by atoms with Crippen molar-refractivity contribution in [1.82, 2.24) is 20.7 Å². The Kier molecular flexibility index (Phi) is 9.47. The van der Waals surface area contributed by atoms with Gasteiger partial charge in [-0.25, -0.2) is 0 Å². The van der Waals surface area contributed by atoms with Gasteiger partial charge in [-0.3, -0.25) is 14.4 Å². The number of benzene rings is 2. The van der Waals surface area contributed by atoms with E-state index in [-0.39, 0.29) is 29.3 Å². The van der Waals surface area contributed by atoms with Gasteiger partial charge in [0.1, 0.15) is 11.8 Å². The number of carbonyl (C=O) groups excluding carboxylic acids is 3. The number of aryl methyl sites for hydroxylation is 1. The van der Waals surface area contributed by atoms with Gasteiger partial charge in [-0.05, 0) is 43.9 Å². The zero-order chi connectivity index (χ0) is 30.7. The van der Waals surface area contributed by atoms with E-state index in [1.807, 2.05) is 96.1 Å². The fourth-order valence-electron chi connectivity index (χ4n) is 4.93. The third-order valence-electron chi connectivity index (χ3n) is 7.52. The van der Waals surface area contributed by atoms with Gasteiger partial charge in [-0.2, -0.15) is 0 Å². The van der Waals surface area contributed by atoms with Crippen LogP contribution in [-0.4, -0.2) is 61.7 Å². The molecule has 3 atom stereocenters. The van der Waals surface area contributed by atoms with Gasteiger partial charge in [-0.1, -0.05) is 80.5 Å². The number of hydrogen-bond donors (Lipinski definition) is 3. The van der Waals surface area contributed by atoms with Crippen molar-refractivity contribution < 1.29 is 24.0 Å². The molecule has 1 aliphatic rings. The van der Waals surface area contributed by atoms with Gasteiger partial charge in [0.05, 0.1) is 11.9 Å². The summed E-state index contributed by atoms with van der Waals surface area (Å²) >= 11 is 1.47. The van der Waals surface area contributed by atoms with E-state index in [1.165, 1.54) is 16.7 Å². The molecule has 0 spiro atoms. The number of aliphatic hydroxyl groups excluding tert-OH is 1. The Morgan fingerprint density at radius 1 is 1.12 bits per heavy atom. The van der Waals surface area contributed by atoms with Crippen LogP contribution in [0.25, 0.3) is 0 Å². The number of amides is 3. The summed E-state index contributed by atoms with van der Waals surface area (Å²) in [7, 11) is 0. The van der Waals surface area contributed by atoms with E-state index in [4.69, 9.17) is 4.52 Å². The summed E-state index contributed by atoms with van der Waals surface area (Å²) in [4.78, 5) is 42.0. The molecule has 3 aromatic rings. The lowest BCUT2D eigenvalue weighted by Gasteiger charge is -2.33. The van der Waals surface area contributed by atoms with Crippen LogP contribution in [0.4, 0.5) is 0 Å². The average Bonchev–Trinajstić information content (AvgIpc) is 3.57. The molecule has 1 fully saturated rings. The molecule has 3 amide bonds. The van der Waals surface area contributed by atoms with Gasteiger partial charge in [0.2, 0.25) is 5.91 Å². The van der Waals surface area contributed by atoms with Gasteiger partial charge in [0.15, 0.2) is 11.8 Å². The lowest BCUT2D eigenvalue weighted by atomic mass is 9.93. The van der Waals surface area contributed by atoms with Crippen molar-refractivity contribution in [3.05, 3.63) is 88.8 Å². The number of aromatic nitrogens is 1. The minimum absolute atomic E-state index is 0.0592. The largest absolute Gasteiger partial charge is 0.381 e. The Balaban J connectivity index is 1.54. The van der Waals surface area contributed by atoms with E-state index in [1.54, 1.807) is 6.07 Å². The van der Waals surface area contributed by atoms with E-state index in [2.05, 4.69) is 15.8 Å². The van der Waals surface area contributed by atoms with Crippen molar-refractivity contribution in [2.24, 2.45) is 0 Å². The van der Waals surface area contributed by atoms with Gasteiger partial charge < -0.3 is 25.2 Å². The first-order valence-corrected chi connectivity index (χ1v) is 15.0. The van der Waals surface area contributed by atoms with Crippen molar-refractivity contribution >= 4 is 29.5 Å². The molecule has 1 aromatic heterocycles. The SMILES string of the molecule is Cc1ccccc1CNC(=O)C1N(C(=O)C(O)C(Cc2ccccc2)NC(=O)c2cc(C(C)(C)C)on2)CSC1(C)C. The third kappa shape index (κ3) is 7.22. The normalized spacial score (nSPS) is 17.9. The van der Waals surface area contributed by atoms with Gasteiger partial charge in [0.25, 0.3) is 11.8 Å². The Bertz CT molecular complexity index is 1420. The number of nitrogens with one attached hydrogen (secondary N) is 2. The summed E-state index contributed by atoms with van der Waals surface area (Å²) in [5.41, 5.74) is 2.58. The Labute approximate surface area is 251 Å². The molecular formula is C32H40N4O5S. The van der Waals surface area contributed by atoms with Crippen LogP contribution in [0.15, 0.2) is 65.2 Å². The van der Waals surface area contributed by atoms with Crippen LogP contribution in [0.1, 0.15) is 67.6 Å². The monoisotopic (exact) mass is 592 g/mol. The van der Waals surface area contributed by atoms with Crippen molar-refractivity contribution in [2.45, 2.75) is 82.9 Å². The topological polar surface area (TPSA) is 125 Å². The molecule has 1 aliphatic heterocycles. The minimum Gasteiger partial charge on any atom is -0.381 e. The molecule has 3 N–H and O–H groups in total. The number of aliphatic hydroxyl groups is 1. The molecular weight excluding hydrogens is 552 g/mol. The second kappa shape index (κ2) is 12.7. The van der Waals surface area contributed by atoms with Crippen molar-refractivity contribution in [3.63, 3.8) is 0 Å². The molecule has 10 heteroatoms. The molecule has 2 aromatic carbocycles. The molecule has 1 saturated heterocycles. The molecule has 42 heavy (non-hydrogen) atoms. The maximum atomic E-state index is 13.9. The van der Waals surface area contributed by atoms with Gasteiger partial charge in [-0.15, -0.1) is 11.8 Å². The van der Waals surface area contributed by atoms with Crippen LogP contribution >= 0.6 is 11.8 Å². The predicted octanol–water partition coefficient (Wildman–Crippen LogP) is 3.98. The molecule has 0 radical (unpaired) electrons. The Morgan fingerprint density at radius 2 is 1.79 bits per heavy atom. The van der Waals surface area contributed by atoms with E-state index < -0.39 is 34.7 Å². The lowest BCUT2D eigenvalue weighted by Crippen LogP contribution is -2.58. The quantitative estimate of drug-likeness (QED) is 0.343. The second-order valence-corrected chi connectivity index (χ2v) is 13.9. The van der Waals surface area contributed by atoms with E-state index in [9.17, 15) is 19.5 Å². The maximum absolute atomic E-state index is 13.9. The minimum atomic E-state index is -1.61. The number of hydrogen-bond acceptors (Lipinski definition) is 7. The Hall–Kier alpha value is -3.63. The summed E-state index contributed by atoms with van der Waals surface area (Å²) in [6.07, 6.45) is -1.41. The standard InChI is InChI=1S/C32H40N4O5S/c1-20-12-10-11-15-22(20)18-33-29(39)27-32(5,6)42-19-36(27)30(40)26(37)23(16-21-13-8-7-9-14-21)34-28(38)24-17-25(41-35-24)31(2,3)4/h7-15,17,23,26-27,37H,16,18-19H2,1-6H3,(H,33,39)(H,34,38). The first-order chi connectivity index (χ1) is 19.8. The number of thioether (sulfide) groups is 1. The number of carbonyl (C=O) groups is 3. The Morgan fingerprint density at radius 3 is 2.43 bits per heavy atom. The highest BCUT2D eigenvalue weighted by Gasteiger charge is 2.49. The van der Waals surface area contributed by atoms with Crippen LogP contribution in [0.3, 0.4) is 0 Å². The third-order valence-corrected chi connectivity index (χ3v) is 8.90. The highest BCUT2D eigenvalue weighted by atomic mass is 32.2.